The van der Waals surface area contributed by atoms with E-state index in [4.69, 9.17) is 0 Å². The van der Waals surface area contributed by atoms with Gasteiger partial charge in [0.05, 0.1) is 19.3 Å². The molecular weight excluding hydrogens is 288 g/mol. The van der Waals surface area contributed by atoms with E-state index in [1.54, 1.807) is 7.05 Å². The molecule has 0 aliphatic carbocycles. The lowest BCUT2D eigenvalue weighted by Crippen LogP contribution is -2.27. The summed E-state index contributed by atoms with van der Waals surface area (Å²) in [5, 5.41) is 8.40. The molecule has 6 nitrogen and oxygen atoms in total. The molecule has 0 bridgehead atoms. The van der Waals surface area contributed by atoms with Gasteiger partial charge >= 0.3 is 0 Å². The molecule has 21 heavy (non-hydrogen) atoms. The first-order valence-electron chi connectivity index (χ1n) is 6.84. The summed E-state index contributed by atoms with van der Waals surface area (Å²) in [5.74, 6) is 1.61. The first-order chi connectivity index (χ1) is 9.95. The standard InChI is InChI=1S/C14H18N4O2S/c1-17(21(2,19)20)10-14-16-15-13-8-7-11-5-3-4-6-12(11)9-18(13)14/h3-6H,7-10H2,1-2H3. The molecule has 3 rings (SSSR count). The van der Waals surface area contributed by atoms with Crippen molar-refractivity contribution in [3.63, 3.8) is 0 Å². The Bertz CT molecular complexity index is 767. The summed E-state index contributed by atoms with van der Waals surface area (Å²) in [6.07, 6.45) is 2.96. The fraction of sp³-hybridized carbons (Fsp3) is 0.429. The van der Waals surface area contributed by atoms with Gasteiger partial charge in [-0.2, -0.15) is 4.31 Å². The maximum atomic E-state index is 11.6. The normalized spacial score (nSPS) is 14.6. The van der Waals surface area contributed by atoms with Gasteiger partial charge in [-0.1, -0.05) is 24.3 Å². The van der Waals surface area contributed by atoms with E-state index in [1.807, 2.05) is 16.7 Å². The highest BCUT2D eigenvalue weighted by atomic mass is 32.2. The van der Waals surface area contributed by atoms with E-state index in [2.05, 4.69) is 22.3 Å². The fourth-order valence-electron chi connectivity index (χ4n) is 2.55. The van der Waals surface area contributed by atoms with E-state index in [0.29, 0.717) is 12.4 Å². The zero-order valence-electron chi connectivity index (χ0n) is 12.2. The Hall–Kier alpha value is -1.73. The van der Waals surface area contributed by atoms with Crippen molar-refractivity contribution in [3.05, 3.63) is 47.0 Å². The summed E-state index contributed by atoms with van der Waals surface area (Å²) in [7, 11) is -1.67. The molecule has 1 aliphatic heterocycles. The molecule has 2 heterocycles. The molecule has 112 valence electrons. The largest absolute Gasteiger partial charge is 0.309 e. The molecule has 0 saturated heterocycles. The van der Waals surface area contributed by atoms with E-state index in [0.717, 1.165) is 18.7 Å². The number of fused-ring (bicyclic) bond motifs is 2. The Balaban J connectivity index is 1.93. The van der Waals surface area contributed by atoms with Crippen molar-refractivity contribution in [2.45, 2.75) is 25.9 Å². The number of nitrogens with zero attached hydrogens (tertiary/aromatic N) is 4. The van der Waals surface area contributed by atoms with E-state index < -0.39 is 10.0 Å². The minimum absolute atomic E-state index is 0.244. The van der Waals surface area contributed by atoms with Gasteiger partial charge in [0.15, 0.2) is 0 Å². The molecule has 0 atom stereocenters. The Morgan fingerprint density at radius 1 is 1.19 bits per heavy atom. The van der Waals surface area contributed by atoms with E-state index in [9.17, 15) is 8.42 Å². The monoisotopic (exact) mass is 306 g/mol. The predicted molar refractivity (Wildman–Crippen MR) is 79.3 cm³/mol. The molecule has 7 heteroatoms. The Morgan fingerprint density at radius 3 is 2.62 bits per heavy atom. The second-order valence-electron chi connectivity index (χ2n) is 5.41. The van der Waals surface area contributed by atoms with Crippen molar-refractivity contribution in [2.75, 3.05) is 13.3 Å². The predicted octanol–water partition coefficient (Wildman–Crippen LogP) is 0.816. The van der Waals surface area contributed by atoms with Gasteiger partial charge in [0, 0.05) is 13.5 Å². The topological polar surface area (TPSA) is 68.1 Å². The lowest BCUT2D eigenvalue weighted by molar-refractivity contribution is 0.452. The Morgan fingerprint density at radius 2 is 1.90 bits per heavy atom. The minimum atomic E-state index is -3.22. The van der Waals surface area contributed by atoms with Crippen LogP contribution in [0.4, 0.5) is 0 Å². The number of aromatic nitrogens is 3. The molecule has 1 aromatic heterocycles. The second-order valence-corrected chi connectivity index (χ2v) is 7.50. The van der Waals surface area contributed by atoms with Crippen molar-refractivity contribution in [3.8, 4) is 0 Å². The SMILES string of the molecule is CN(Cc1nnc2n1Cc1ccccc1CC2)S(C)(=O)=O. The molecule has 0 unspecified atom stereocenters. The number of hydrogen-bond acceptors (Lipinski definition) is 4. The first-order valence-corrected chi connectivity index (χ1v) is 8.69. The quantitative estimate of drug-likeness (QED) is 0.842. The number of sulfonamides is 1. The molecule has 0 spiro atoms. The van der Waals surface area contributed by atoms with Crippen LogP contribution in [0.15, 0.2) is 24.3 Å². The molecule has 0 N–H and O–H groups in total. The zero-order chi connectivity index (χ0) is 15.0. The third-order valence-electron chi connectivity index (χ3n) is 3.90. The zero-order valence-corrected chi connectivity index (χ0v) is 13.0. The molecular formula is C14H18N4O2S. The van der Waals surface area contributed by atoms with Gasteiger partial charge in [0.1, 0.15) is 11.6 Å². The van der Waals surface area contributed by atoms with Gasteiger partial charge < -0.3 is 4.57 Å². The van der Waals surface area contributed by atoms with Crippen LogP contribution in [0.3, 0.4) is 0 Å². The van der Waals surface area contributed by atoms with Gasteiger partial charge in [-0.15, -0.1) is 10.2 Å². The van der Waals surface area contributed by atoms with Crippen molar-refractivity contribution >= 4 is 10.0 Å². The summed E-state index contributed by atoms with van der Waals surface area (Å²) in [6, 6.07) is 8.31. The number of benzene rings is 1. The van der Waals surface area contributed by atoms with Crippen LogP contribution in [-0.4, -0.2) is 40.8 Å². The lowest BCUT2D eigenvalue weighted by atomic mass is 10.0. The third kappa shape index (κ3) is 2.84. The van der Waals surface area contributed by atoms with Crippen LogP contribution in [0.5, 0.6) is 0 Å². The van der Waals surface area contributed by atoms with E-state index in [1.165, 1.54) is 21.7 Å². The van der Waals surface area contributed by atoms with Crippen molar-refractivity contribution in [2.24, 2.45) is 0 Å². The van der Waals surface area contributed by atoms with Gasteiger partial charge in [0.25, 0.3) is 0 Å². The van der Waals surface area contributed by atoms with Crippen LogP contribution in [0.2, 0.25) is 0 Å². The molecule has 1 aromatic carbocycles. The molecule has 1 aliphatic rings. The Labute approximate surface area is 124 Å². The highest BCUT2D eigenvalue weighted by Gasteiger charge is 2.21. The Kier molecular flexibility index (Phi) is 3.54. The van der Waals surface area contributed by atoms with Gasteiger partial charge in [0.2, 0.25) is 10.0 Å². The summed E-state index contributed by atoms with van der Waals surface area (Å²) in [6.45, 7) is 0.944. The second kappa shape index (κ2) is 5.23. The highest BCUT2D eigenvalue weighted by molar-refractivity contribution is 7.88. The molecule has 0 fully saturated rings. The smallest absolute Gasteiger partial charge is 0.211 e. The van der Waals surface area contributed by atoms with Crippen molar-refractivity contribution in [1.29, 1.82) is 0 Å². The summed E-state index contributed by atoms with van der Waals surface area (Å²) in [5.41, 5.74) is 2.57. The van der Waals surface area contributed by atoms with Gasteiger partial charge in [-0.05, 0) is 17.5 Å². The highest BCUT2D eigenvalue weighted by Crippen LogP contribution is 2.20. The van der Waals surface area contributed by atoms with Gasteiger partial charge in [-0.3, -0.25) is 0 Å². The number of hydrogen-bond donors (Lipinski definition) is 0. The van der Waals surface area contributed by atoms with E-state index in [-0.39, 0.29) is 6.54 Å². The molecule has 2 aromatic rings. The summed E-state index contributed by atoms with van der Waals surface area (Å²) in [4.78, 5) is 0. The van der Waals surface area contributed by atoms with Crippen LogP contribution >= 0.6 is 0 Å². The van der Waals surface area contributed by atoms with Crippen molar-refractivity contribution < 1.29 is 8.42 Å². The van der Waals surface area contributed by atoms with Crippen LogP contribution in [0, 0.1) is 0 Å². The van der Waals surface area contributed by atoms with Crippen LogP contribution in [-0.2, 0) is 36.0 Å². The molecule has 0 radical (unpaired) electrons. The van der Waals surface area contributed by atoms with Crippen LogP contribution in [0.1, 0.15) is 22.8 Å². The van der Waals surface area contributed by atoms with E-state index >= 15 is 0 Å². The maximum Gasteiger partial charge on any atom is 0.211 e. The lowest BCUT2D eigenvalue weighted by Gasteiger charge is -2.15. The van der Waals surface area contributed by atoms with Crippen molar-refractivity contribution in [1.82, 2.24) is 19.1 Å². The van der Waals surface area contributed by atoms with Crippen LogP contribution < -0.4 is 0 Å². The summed E-state index contributed by atoms with van der Waals surface area (Å²) >= 11 is 0. The molecule has 0 amide bonds. The van der Waals surface area contributed by atoms with Gasteiger partial charge in [-0.25, -0.2) is 8.42 Å². The minimum Gasteiger partial charge on any atom is -0.309 e. The third-order valence-corrected chi connectivity index (χ3v) is 5.16. The first kappa shape index (κ1) is 14.2. The maximum absolute atomic E-state index is 11.6. The average Bonchev–Trinajstić information content (AvgIpc) is 2.69. The fourth-order valence-corrected chi connectivity index (χ4v) is 2.90. The number of rotatable bonds is 3. The number of aryl methyl sites for hydroxylation is 2. The van der Waals surface area contributed by atoms with Crippen LogP contribution in [0.25, 0.3) is 0 Å². The average molecular weight is 306 g/mol. The summed E-state index contributed by atoms with van der Waals surface area (Å²) < 4.78 is 26.4. The molecule has 0 saturated carbocycles.